The Morgan fingerprint density at radius 2 is 1.72 bits per heavy atom. The Kier molecular flexibility index (Phi) is 6.76. The summed E-state index contributed by atoms with van der Waals surface area (Å²) in [6.07, 6.45) is -1.84. The van der Waals surface area contributed by atoms with E-state index < -0.39 is 35.8 Å². The van der Waals surface area contributed by atoms with Crippen molar-refractivity contribution in [2.24, 2.45) is 10.4 Å². The number of hydrogen-bond donors (Lipinski definition) is 4. The maximum Gasteiger partial charge on any atom is 0.327 e. The van der Waals surface area contributed by atoms with Crippen LogP contribution < -0.4 is 4.90 Å². The van der Waals surface area contributed by atoms with Crippen molar-refractivity contribution in [3.05, 3.63) is 77.1 Å². The second-order valence-corrected chi connectivity index (χ2v) is 7.95. The molecule has 2 aromatic rings. The van der Waals surface area contributed by atoms with E-state index >= 15 is 0 Å². The highest BCUT2D eigenvalue weighted by Gasteiger charge is 2.54. The van der Waals surface area contributed by atoms with Gasteiger partial charge in [-0.1, -0.05) is 42.5 Å². The molecule has 0 fully saturated rings. The molecular weight excluding hydrogens is 412 g/mol. The van der Waals surface area contributed by atoms with Gasteiger partial charge in [0.2, 0.25) is 5.41 Å². The highest BCUT2D eigenvalue weighted by Crippen LogP contribution is 2.40. The first-order valence-corrected chi connectivity index (χ1v) is 10.1. The molecule has 1 amide bonds. The molecule has 0 saturated carbocycles. The van der Waals surface area contributed by atoms with Gasteiger partial charge in [-0.2, -0.15) is 0 Å². The number of aliphatic carboxylic acids is 1. The molecule has 2 atom stereocenters. The van der Waals surface area contributed by atoms with E-state index in [1.54, 1.807) is 54.6 Å². The average Bonchev–Trinajstić information content (AvgIpc) is 2.78. The van der Waals surface area contributed by atoms with E-state index in [-0.39, 0.29) is 24.1 Å². The quantitative estimate of drug-likeness (QED) is 0.463. The molecule has 0 saturated heterocycles. The molecule has 168 valence electrons. The van der Waals surface area contributed by atoms with E-state index in [1.807, 2.05) is 19.0 Å². The van der Waals surface area contributed by atoms with Crippen molar-refractivity contribution in [3.63, 3.8) is 0 Å². The van der Waals surface area contributed by atoms with Crippen molar-refractivity contribution in [1.29, 1.82) is 0 Å². The van der Waals surface area contributed by atoms with Gasteiger partial charge in [0.25, 0.3) is 5.91 Å². The molecule has 1 aliphatic rings. The number of carboxylic acid groups (broad SMARTS) is 1. The van der Waals surface area contributed by atoms with E-state index in [9.17, 15) is 30.0 Å². The second kappa shape index (κ2) is 9.33. The minimum Gasteiger partial charge on any atom is -0.510 e. The van der Waals surface area contributed by atoms with Crippen LogP contribution in [0.15, 0.2) is 70.9 Å². The molecule has 1 heterocycles. The molecule has 1 aliphatic heterocycles. The molecule has 2 aromatic carbocycles. The van der Waals surface area contributed by atoms with Gasteiger partial charge in [-0.25, -0.2) is 4.99 Å². The normalized spacial score (nSPS) is 19.5. The summed E-state index contributed by atoms with van der Waals surface area (Å²) >= 11 is 0. The maximum absolute atomic E-state index is 13.1. The SMILES string of the molecule is CN(C)c1ccc(C2=NC(=O)C(Cc3ccccc3)(C(=O)O)C(O)=C2CC(O)CO)cc1. The zero-order valence-electron chi connectivity index (χ0n) is 17.9. The number of benzene rings is 2. The number of anilines is 1. The smallest absolute Gasteiger partial charge is 0.327 e. The van der Waals surface area contributed by atoms with Crippen molar-refractivity contribution in [2.75, 3.05) is 25.6 Å². The minimum absolute atomic E-state index is 0.0158. The number of hydrogen-bond acceptors (Lipinski definition) is 6. The summed E-state index contributed by atoms with van der Waals surface area (Å²) in [6.45, 7) is -0.601. The number of amides is 1. The Morgan fingerprint density at radius 3 is 2.25 bits per heavy atom. The summed E-state index contributed by atoms with van der Waals surface area (Å²) in [5.41, 5.74) is -0.318. The number of aliphatic imine (C=N–C) groups is 1. The molecule has 0 aromatic heterocycles. The molecule has 8 nitrogen and oxygen atoms in total. The molecule has 32 heavy (non-hydrogen) atoms. The fourth-order valence-corrected chi connectivity index (χ4v) is 3.71. The Labute approximate surface area is 185 Å². The van der Waals surface area contributed by atoms with Crippen LogP contribution in [0.2, 0.25) is 0 Å². The zero-order chi connectivity index (χ0) is 23.5. The molecular formula is C24H26N2O6. The first kappa shape index (κ1) is 23.2. The van der Waals surface area contributed by atoms with Gasteiger partial charge < -0.3 is 25.3 Å². The Bertz CT molecular complexity index is 1060. The highest BCUT2D eigenvalue weighted by molar-refractivity contribution is 6.23. The monoisotopic (exact) mass is 438 g/mol. The van der Waals surface area contributed by atoms with Crippen LogP contribution in [0, 0.1) is 5.41 Å². The fourth-order valence-electron chi connectivity index (χ4n) is 3.71. The molecule has 3 rings (SSSR count). The van der Waals surface area contributed by atoms with Crippen molar-refractivity contribution in [2.45, 2.75) is 18.9 Å². The van der Waals surface area contributed by atoms with E-state index in [1.165, 1.54) is 0 Å². The Hall–Kier alpha value is -3.49. The number of carbonyl (C=O) groups excluding carboxylic acids is 1. The number of nitrogens with zero attached hydrogens (tertiary/aromatic N) is 2. The van der Waals surface area contributed by atoms with E-state index in [0.717, 1.165) is 5.69 Å². The second-order valence-electron chi connectivity index (χ2n) is 7.95. The van der Waals surface area contributed by atoms with Gasteiger partial charge in [-0.15, -0.1) is 0 Å². The number of dihydropyridines is 1. The molecule has 2 unspecified atom stereocenters. The number of aliphatic hydroxyl groups excluding tert-OH is 3. The maximum atomic E-state index is 13.1. The van der Waals surface area contributed by atoms with Gasteiger partial charge in [0.15, 0.2) is 0 Å². The zero-order valence-corrected chi connectivity index (χ0v) is 17.9. The Morgan fingerprint density at radius 1 is 1.09 bits per heavy atom. The summed E-state index contributed by atoms with van der Waals surface area (Å²) in [5, 5.41) is 40.7. The van der Waals surface area contributed by atoms with Crippen LogP contribution in [-0.2, 0) is 16.0 Å². The molecule has 0 spiro atoms. The van der Waals surface area contributed by atoms with E-state index in [0.29, 0.717) is 11.1 Å². The topological polar surface area (TPSA) is 131 Å². The standard InChI is InChI=1S/C24H26N2O6/c1-26(2)17-10-8-16(9-11-17)20-19(12-18(28)14-27)21(29)24(23(31)32,22(30)25-20)13-15-6-4-3-5-7-15/h3-11,18,27-29H,12-14H2,1-2H3,(H,31,32). The lowest BCUT2D eigenvalue weighted by atomic mass is 9.73. The van der Waals surface area contributed by atoms with Gasteiger partial charge in [-0.3, -0.25) is 9.59 Å². The van der Waals surface area contributed by atoms with Crippen LogP contribution in [0.1, 0.15) is 17.5 Å². The summed E-state index contributed by atoms with van der Waals surface area (Å²) in [7, 11) is 3.74. The van der Waals surface area contributed by atoms with Gasteiger partial charge in [0.05, 0.1) is 18.4 Å². The largest absolute Gasteiger partial charge is 0.510 e. The molecule has 0 radical (unpaired) electrons. The number of carboxylic acids is 1. The first-order valence-electron chi connectivity index (χ1n) is 10.1. The Balaban J connectivity index is 2.16. The molecule has 0 bridgehead atoms. The molecule has 8 heteroatoms. The predicted molar refractivity (Wildman–Crippen MR) is 120 cm³/mol. The lowest BCUT2D eigenvalue weighted by Crippen LogP contribution is -2.46. The summed E-state index contributed by atoms with van der Waals surface area (Å²) in [5.74, 6) is -3.21. The van der Waals surface area contributed by atoms with Crippen molar-refractivity contribution >= 4 is 23.3 Å². The fraction of sp³-hybridized carbons (Fsp3) is 0.292. The predicted octanol–water partition coefficient (Wildman–Crippen LogP) is 1.95. The number of carbonyl (C=O) groups is 2. The molecule has 0 aliphatic carbocycles. The minimum atomic E-state index is -2.32. The van der Waals surface area contributed by atoms with Gasteiger partial charge >= 0.3 is 5.97 Å². The summed E-state index contributed by atoms with van der Waals surface area (Å²) in [6, 6.07) is 15.5. The van der Waals surface area contributed by atoms with Gasteiger partial charge in [-0.05, 0) is 17.7 Å². The highest BCUT2D eigenvalue weighted by atomic mass is 16.4. The summed E-state index contributed by atoms with van der Waals surface area (Å²) < 4.78 is 0. The third-order valence-electron chi connectivity index (χ3n) is 5.54. The van der Waals surface area contributed by atoms with Crippen LogP contribution in [0.5, 0.6) is 0 Å². The number of rotatable bonds is 8. The first-order chi connectivity index (χ1) is 15.2. The van der Waals surface area contributed by atoms with Crippen molar-refractivity contribution < 1.29 is 30.0 Å². The molecule has 4 N–H and O–H groups in total. The number of aliphatic hydroxyl groups is 3. The van der Waals surface area contributed by atoms with Gasteiger partial charge in [0.1, 0.15) is 5.76 Å². The van der Waals surface area contributed by atoms with Crippen LogP contribution in [0.25, 0.3) is 0 Å². The third kappa shape index (κ3) is 4.28. The van der Waals surface area contributed by atoms with E-state index in [4.69, 9.17) is 0 Å². The lowest BCUT2D eigenvalue weighted by Gasteiger charge is -2.32. The van der Waals surface area contributed by atoms with Crippen LogP contribution in [-0.4, -0.2) is 64.8 Å². The average molecular weight is 438 g/mol. The van der Waals surface area contributed by atoms with Crippen LogP contribution in [0.3, 0.4) is 0 Å². The van der Waals surface area contributed by atoms with E-state index in [2.05, 4.69) is 4.99 Å². The van der Waals surface area contributed by atoms with Crippen molar-refractivity contribution in [3.8, 4) is 0 Å². The van der Waals surface area contributed by atoms with Crippen LogP contribution >= 0.6 is 0 Å². The summed E-state index contributed by atoms with van der Waals surface area (Å²) in [4.78, 5) is 31.5. The van der Waals surface area contributed by atoms with Crippen molar-refractivity contribution in [1.82, 2.24) is 0 Å². The third-order valence-corrected chi connectivity index (χ3v) is 5.54. The van der Waals surface area contributed by atoms with Crippen LogP contribution in [0.4, 0.5) is 5.69 Å². The lowest BCUT2D eigenvalue weighted by molar-refractivity contribution is -0.154. The van der Waals surface area contributed by atoms with Gasteiger partial charge in [0, 0.05) is 43.8 Å².